The molecule has 2 aromatic rings. The van der Waals surface area contributed by atoms with E-state index in [-0.39, 0.29) is 56.1 Å². The molecule has 0 saturated heterocycles. The molecule has 8 N–H and O–H groups in total. The second-order valence-corrected chi connectivity index (χ2v) is 13.9. The van der Waals surface area contributed by atoms with Crippen LogP contribution in [0.2, 0.25) is 5.02 Å². The van der Waals surface area contributed by atoms with Gasteiger partial charge in [0.2, 0.25) is 23.7 Å². The highest BCUT2D eigenvalue weighted by atomic mass is 35.5. The lowest BCUT2D eigenvalue weighted by Gasteiger charge is -2.23. The van der Waals surface area contributed by atoms with Gasteiger partial charge in [0.05, 0.1) is 12.1 Å². The van der Waals surface area contributed by atoms with Gasteiger partial charge in [0.25, 0.3) is 0 Å². The van der Waals surface area contributed by atoms with Crippen LogP contribution in [-0.2, 0) is 30.4 Å². The number of carbonyl (C=O) groups is 5. The summed E-state index contributed by atoms with van der Waals surface area (Å²) in [6.07, 6.45) is 2.06. The zero-order valence-corrected chi connectivity index (χ0v) is 30.1. The Bertz CT molecular complexity index is 1570. The highest BCUT2D eigenvalue weighted by Gasteiger charge is 2.28. The molecule has 3 atom stereocenters. The molecule has 3 amide bonds. The number of carbonyl (C=O) groups excluding carboxylic acids is 3. The van der Waals surface area contributed by atoms with Crippen molar-refractivity contribution in [3.63, 3.8) is 0 Å². The Morgan fingerprint density at radius 3 is 2.02 bits per heavy atom. The summed E-state index contributed by atoms with van der Waals surface area (Å²) in [6.45, 7) is 9.16. The molecule has 0 aliphatic rings. The van der Waals surface area contributed by atoms with E-state index in [4.69, 9.17) is 16.9 Å². The van der Waals surface area contributed by atoms with E-state index in [1.54, 1.807) is 48.5 Å². The minimum absolute atomic E-state index is 0.0118. The number of aliphatic imine (C=N–C) groups is 1. The summed E-state index contributed by atoms with van der Waals surface area (Å²) < 4.78 is 0. The maximum Gasteiger partial charge on any atom is 0.327 e. The number of benzene rings is 2. The number of hydrogen-bond donors (Lipinski definition) is 8. The molecule has 0 aliphatic carbocycles. The van der Waals surface area contributed by atoms with Gasteiger partial charge in [0.1, 0.15) is 18.1 Å². The number of rotatable bonds is 18. The zero-order chi connectivity index (χ0) is 38.1. The quantitative estimate of drug-likeness (QED) is 0.0365. The lowest BCUT2D eigenvalue weighted by Crippen LogP contribution is -2.53. The average molecular weight is 727 g/mol. The van der Waals surface area contributed by atoms with Crippen LogP contribution >= 0.6 is 11.6 Å². The van der Waals surface area contributed by atoms with E-state index >= 15 is 0 Å². The predicted molar refractivity (Wildman–Crippen MR) is 193 cm³/mol. The molecule has 16 heteroatoms. The highest BCUT2D eigenvalue weighted by Crippen LogP contribution is 2.18. The second-order valence-electron chi connectivity index (χ2n) is 13.5. The van der Waals surface area contributed by atoms with Gasteiger partial charge in [0.15, 0.2) is 6.19 Å². The summed E-state index contributed by atoms with van der Waals surface area (Å²) in [4.78, 5) is 66.4. The van der Waals surface area contributed by atoms with Crippen LogP contribution in [0.5, 0.6) is 0 Å². The maximum absolute atomic E-state index is 13.2. The summed E-state index contributed by atoms with van der Waals surface area (Å²) in [6, 6.07) is 9.96. The van der Waals surface area contributed by atoms with E-state index < -0.39 is 47.8 Å². The van der Waals surface area contributed by atoms with Gasteiger partial charge in [-0.1, -0.05) is 58.4 Å². The van der Waals surface area contributed by atoms with Gasteiger partial charge in [-0.05, 0) is 72.7 Å². The van der Waals surface area contributed by atoms with Crippen LogP contribution < -0.4 is 31.9 Å². The van der Waals surface area contributed by atoms with Crippen molar-refractivity contribution in [1.29, 1.82) is 5.26 Å². The largest absolute Gasteiger partial charge is 0.480 e. The van der Waals surface area contributed by atoms with Gasteiger partial charge in [-0.25, -0.2) is 14.6 Å². The summed E-state index contributed by atoms with van der Waals surface area (Å²) in [5.41, 5.74) is 1.44. The monoisotopic (exact) mass is 726 g/mol. The maximum atomic E-state index is 13.2. The third-order valence-electron chi connectivity index (χ3n) is 7.08. The molecule has 0 fully saturated rings. The standard InChI is InChI=1S/C35H47ClN8O7/c1-21(2)16-27(31(47)44-26(32(48)49)14-15-38-19-28(33(50)51)43-30(46)18-35(3,4)5)42-29(45)17-22-6-10-24(11-7-22)40-34(39-20-37)41-25-12-8-23(36)9-13-25/h6-13,21,26-28,38H,14-19H2,1-5H3,(H,42,45)(H,43,46)(H,44,47)(H,48,49)(H,50,51)(H2,39,40,41). The van der Waals surface area contributed by atoms with Crippen LogP contribution in [0.15, 0.2) is 53.5 Å². The fourth-order valence-corrected chi connectivity index (χ4v) is 4.84. The average Bonchev–Trinajstić information content (AvgIpc) is 3.02. The van der Waals surface area contributed by atoms with Crippen LogP contribution in [0.3, 0.4) is 0 Å². The number of amides is 3. The number of hydrogen-bond acceptors (Lipinski definition) is 8. The van der Waals surface area contributed by atoms with Crippen molar-refractivity contribution in [1.82, 2.24) is 26.6 Å². The van der Waals surface area contributed by atoms with Crippen LogP contribution in [-0.4, -0.2) is 77.0 Å². The molecule has 276 valence electrons. The van der Waals surface area contributed by atoms with Gasteiger partial charge in [-0.15, -0.1) is 0 Å². The van der Waals surface area contributed by atoms with Crippen molar-refractivity contribution in [3.05, 3.63) is 59.1 Å². The first kappa shape index (κ1) is 42.0. The summed E-state index contributed by atoms with van der Waals surface area (Å²) in [7, 11) is 0. The van der Waals surface area contributed by atoms with Gasteiger partial charge < -0.3 is 36.8 Å². The minimum atomic E-state index is -1.32. The Morgan fingerprint density at radius 2 is 1.47 bits per heavy atom. The molecule has 3 unspecified atom stereocenters. The van der Waals surface area contributed by atoms with Crippen molar-refractivity contribution in [3.8, 4) is 6.19 Å². The van der Waals surface area contributed by atoms with Gasteiger partial charge in [0, 0.05) is 23.7 Å². The number of nitrogens with zero attached hydrogens (tertiary/aromatic N) is 2. The Balaban J connectivity index is 1.98. The van der Waals surface area contributed by atoms with E-state index in [9.17, 15) is 34.2 Å². The number of anilines is 1. The molecular formula is C35H47ClN8O7. The molecule has 0 spiro atoms. The lowest BCUT2D eigenvalue weighted by molar-refractivity contribution is -0.143. The van der Waals surface area contributed by atoms with E-state index in [0.717, 1.165) is 0 Å². The topological polar surface area (TPSA) is 234 Å². The third kappa shape index (κ3) is 16.8. The van der Waals surface area contributed by atoms with Crippen LogP contribution in [0, 0.1) is 22.8 Å². The van der Waals surface area contributed by atoms with Gasteiger partial charge >= 0.3 is 11.9 Å². The number of halogens is 1. The van der Waals surface area contributed by atoms with Gasteiger partial charge in [-0.2, -0.15) is 5.26 Å². The molecule has 0 saturated carbocycles. The van der Waals surface area contributed by atoms with Crippen molar-refractivity contribution in [2.24, 2.45) is 16.3 Å². The Kier molecular flexibility index (Phi) is 16.8. The number of carboxylic acid groups (broad SMARTS) is 2. The molecular weight excluding hydrogens is 680 g/mol. The van der Waals surface area contributed by atoms with Crippen LogP contribution in [0.4, 0.5) is 11.4 Å². The molecule has 0 bridgehead atoms. The number of nitrogens with one attached hydrogen (secondary N) is 6. The highest BCUT2D eigenvalue weighted by molar-refractivity contribution is 6.30. The molecule has 2 aromatic carbocycles. The fraction of sp³-hybridized carbons (Fsp3) is 0.457. The van der Waals surface area contributed by atoms with Gasteiger partial charge in [-0.3, -0.25) is 19.7 Å². The number of aliphatic carboxylic acids is 2. The number of guanidine groups is 1. The molecule has 51 heavy (non-hydrogen) atoms. The molecule has 0 aliphatic heterocycles. The Labute approximate surface area is 302 Å². The number of carboxylic acids is 2. The third-order valence-corrected chi connectivity index (χ3v) is 7.33. The van der Waals surface area contributed by atoms with E-state index in [0.29, 0.717) is 22.0 Å². The Morgan fingerprint density at radius 1 is 0.863 bits per heavy atom. The van der Waals surface area contributed by atoms with Crippen molar-refractivity contribution >= 4 is 58.6 Å². The minimum Gasteiger partial charge on any atom is -0.480 e. The van der Waals surface area contributed by atoms with E-state index in [1.165, 1.54) is 0 Å². The van der Waals surface area contributed by atoms with E-state index in [2.05, 4.69) is 36.9 Å². The predicted octanol–water partition coefficient (Wildman–Crippen LogP) is 3.14. The molecule has 15 nitrogen and oxygen atoms in total. The van der Waals surface area contributed by atoms with Crippen LogP contribution in [0.25, 0.3) is 0 Å². The summed E-state index contributed by atoms with van der Waals surface area (Å²) >= 11 is 5.92. The van der Waals surface area contributed by atoms with Crippen molar-refractivity contribution in [2.75, 3.05) is 18.4 Å². The summed E-state index contributed by atoms with van der Waals surface area (Å²) in [5, 5.41) is 44.9. The normalized spacial score (nSPS) is 13.3. The molecule has 2 rings (SSSR count). The Hall–Kier alpha value is -5.20. The molecule has 0 radical (unpaired) electrons. The molecule has 0 aromatic heterocycles. The fourth-order valence-electron chi connectivity index (χ4n) is 4.71. The first-order valence-corrected chi connectivity index (χ1v) is 16.7. The first-order chi connectivity index (χ1) is 23.9. The lowest BCUT2D eigenvalue weighted by atomic mass is 9.92. The number of nitriles is 1. The summed E-state index contributed by atoms with van der Waals surface area (Å²) in [5.74, 6) is -3.92. The second kappa shape index (κ2) is 20.5. The molecule has 0 heterocycles. The van der Waals surface area contributed by atoms with Crippen LogP contribution in [0.1, 0.15) is 59.4 Å². The first-order valence-electron chi connectivity index (χ1n) is 16.4. The SMILES string of the molecule is CC(C)CC(NC(=O)Cc1ccc(N=C(NC#N)Nc2ccc(Cl)cc2)cc1)C(=O)NC(CCNCC(NC(=O)CC(C)(C)C)C(=O)O)C(=O)O. The van der Waals surface area contributed by atoms with E-state index in [1.807, 2.05) is 40.8 Å². The zero-order valence-electron chi connectivity index (χ0n) is 29.4. The van der Waals surface area contributed by atoms with Crippen molar-refractivity contribution in [2.45, 2.75) is 78.4 Å². The smallest absolute Gasteiger partial charge is 0.327 e. The van der Waals surface area contributed by atoms with Crippen molar-refractivity contribution < 1.29 is 34.2 Å².